The van der Waals surface area contributed by atoms with E-state index in [9.17, 15) is 9.59 Å². The molecule has 0 aliphatic rings. The number of carbonyl (C=O) groups excluding carboxylic acids is 2. The van der Waals surface area contributed by atoms with Gasteiger partial charge in [0.05, 0.1) is 0 Å². The van der Waals surface area contributed by atoms with Crippen LogP contribution in [-0.2, 0) is 9.53 Å². The van der Waals surface area contributed by atoms with Crippen LogP contribution in [0.1, 0.15) is 20.8 Å². The summed E-state index contributed by atoms with van der Waals surface area (Å²) in [5.74, 6) is -0.422. The number of amides is 2. The number of hydrogen-bond acceptors (Lipinski definition) is 3. The van der Waals surface area contributed by atoms with Crippen LogP contribution in [0.25, 0.3) is 0 Å². The summed E-state index contributed by atoms with van der Waals surface area (Å²) in [5, 5.41) is 3.12. The van der Waals surface area contributed by atoms with E-state index >= 15 is 0 Å². The first-order valence-corrected chi connectivity index (χ1v) is 7.73. The number of nitrogens with one attached hydrogen (secondary N) is 1. The van der Waals surface area contributed by atoms with Gasteiger partial charge in [0.1, 0.15) is 11.5 Å². The molecule has 22 heavy (non-hydrogen) atoms. The van der Waals surface area contributed by atoms with Crippen molar-refractivity contribution < 1.29 is 14.3 Å². The molecule has 0 aromatic heterocycles. The maximum Gasteiger partial charge on any atom is 0.407 e. The molecule has 0 radical (unpaired) electrons. The molecular weight excluding hydrogens is 327 g/mol. The Hall–Kier alpha value is -1.46. The van der Waals surface area contributed by atoms with Gasteiger partial charge in [-0.2, -0.15) is 0 Å². The summed E-state index contributed by atoms with van der Waals surface area (Å²) in [6, 6.07) is 6.88. The molecule has 0 atom stereocenters. The van der Waals surface area contributed by atoms with Gasteiger partial charge in [-0.3, -0.25) is 4.79 Å². The molecule has 0 fully saturated rings. The zero-order chi connectivity index (χ0) is 16.8. The van der Waals surface area contributed by atoms with Crippen LogP contribution in [-0.4, -0.2) is 36.6 Å². The highest BCUT2D eigenvalue weighted by molar-refractivity contribution is 6.31. The largest absolute Gasteiger partial charge is 0.444 e. The van der Waals surface area contributed by atoms with Crippen molar-refractivity contribution in [3.05, 3.63) is 29.3 Å². The van der Waals surface area contributed by atoms with E-state index in [1.807, 2.05) is 0 Å². The lowest BCUT2D eigenvalue weighted by atomic mass is 10.2. The first kappa shape index (κ1) is 18.6. The van der Waals surface area contributed by atoms with Gasteiger partial charge in [0.2, 0.25) is 5.91 Å². The lowest BCUT2D eigenvalue weighted by Gasteiger charge is -2.23. The quantitative estimate of drug-likeness (QED) is 0.830. The second kappa shape index (κ2) is 8.25. The van der Waals surface area contributed by atoms with Crippen molar-refractivity contribution >= 4 is 40.9 Å². The van der Waals surface area contributed by atoms with Gasteiger partial charge in [-0.25, -0.2) is 4.79 Å². The summed E-state index contributed by atoms with van der Waals surface area (Å²) in [5.41, 5.74) is 0.0621. The third-order valence-electron chi connectivity index (χ3n) is 2.54. The van der Waals surface area contributed by atoms with Crippen molar-refractivity contribution in [2.24, 2.45) is 0 Å². The molecule has 0 unspecified atom stereocenters. The van der Waals surface area contributed by atoms with Crippen LogP contribution in [0.2, 0.25) is 5.02 Å². The van der Waals surface area contributed by atoms with Crippen molar-refractivity contribution in [3.63, 3.8) is 0 Å². The van der Waals surface area contributed by atoms with Gasteiger partial charge >= 0.3 is 6.09 Å². The lowest BCUT2D eigenvalue weighted by Crippen LogP contribution is -2.41. The zero-order valence-electron chi connectivity index (χ0n) is 12.9. The average molecular weight is 347 g/mol. The minimum atomic E-state index is -0.567. The Morgan fingerprint density at radius 2 is 2.00 bits per heavy atom. The van der Waals surface area contributed by atoms with E-state index in [0.717, 1.165) is 0 Å². The zero-order valence-corrected chi connectivity index (χ0v) is 14.4. The SMILES string of the molecule is CC(C)(C)OC(=O)NCCN(C(=O)CCl)c1cccc(Cl)c1. The standard InChI is InChI=1S/C15H20Cl2N2O3/c1-15(2,3)22-14(21)18-7-8-19(13(20)10-16)12-6-4-5-11(17)9-12/h4-6,9H,7-8,10H2,1-3H3,(H,18,21). The molecule has 0 aliphatic carbocycles. The molecule has 5 nitrogen and oxygen atoms in total. The summed E-state index contributed by atoms with van der Waals surface area (Å²) in [7, 11) is 0. The third-order valence-corrected chi connectivity index (χ3v) is 3.00. The van der Waals surface area contributed by atoms with Gasteiger partial charge in [0.25, 0.3) is 0 Å². The summed E-state index contributed by atoms with van der Waals surface area (Å²) >= 11 is 11.6. The predicted molar refractivity (Wildman–Crippen MR) is 88.8 cm³/mol. The molecule has 1 rings (SSSR count). The van der Waals surface area contributed by atoms with Crippen LogP contribution in [0, 0.1) is 0 Å². The van der Waals surface area contributed by atoms with Gasteiger partial charge < -0.3 is 15.0 Å². The van der Waals surface area contributed by atoms with Crippen LogP contribution in [0.5, 0.6) is 0 Å². The summed E-state index contributed by atoms with van der Waals surface area (Å²) in [6.45, 7) is 5.85. The van der Waals surface area contributed by atoms with Crippen molar-refractivity contribution in [1.82, 2.24) is 5.32 Å². The van der Waals surface area contributed by atoms with Gasteiger partial charge in [-0.05, 0) is 39.0 Å². The first-order chi connectivity index (χ1) is 10.2. The Balaban J connectivity index is 2.64. The Morgan fingerprint density at radius 3 is 2.55 bits per heavy atom. The highest BCUT2D eigenvalue weighted by atomic mass is 35.5. The first-order valence-electron chi connectivity index (χ1n) is 6.81. The van der Waals surface area contributed by atoms with E-state index in [1.165, 1.54) is 4.90 Å². The Labute approximate surface area is 140 Å². The minimum absolute atomic E-state index is 0.154. The Bertz CT molecular complexity index is 530. The third kappa shape index (κ3) is 6.54. The molecule has 7 heteroatoms. The smallest absolute Gasteiger partial charge is 0.407 e. The van der Waals surface area contributed by atoms with Crippen LogP contribution in [0.4, 0.5) is 10.5 Å². The average Bonchev–Trinajstić information content (AvgIpc) is 2.41. The van der Waals surface area contributed by atoms with E-state index in [-0.39, 0.29) is 24.9 Å². The maximum atomic E-state index is 11.9. The van der Waals surface area contributed by atoms with Crippen LogP contribution >= 0.6 is 23.2 Å². The van der Waals surface area contributed by atoms with Crippen LogP contribution < -0.4 is 10.2 Å². The molecule has 0 saturated carbocycles. The summed E-state index contributed by atoms with van der Waals surface area (Å²) in [4.78, 5) is 25.0. The van der Waals surface area contributed by atoms with Crippen molar-refractivity contribution in [2.45, 2.75) is 26.4 Å². The van der Waals surface area contributed by atoms with Crippen molar-refractivity contribution in [1.29, 1.82) is 0 Å². The monoisotopic (exact) mass is 346 g/mol. The fraction of sp³-hybridized carbons (Fsp3) is 0.467. The molecule has 1 N–H and O–H groups in total. The fourth-order valence-corrected chi connectivity index (χ4v) is 2.03. The molecule has 1 aromatic carbocycles. The van der Waals surface area contributed by atoms with Crippen LogP contribution in [0.3, 0.4) is 0 Å². The molecule has 0 heterocycles. The van der Waals surface area contributed by atoms with Gasteiger partial charge in [-0.1, -0.05) is 17.7 Å². The van der Waals surface area contributed by atoms with Crippen molar-refractivity contribution in [3.8, 4) is 0 Å². The van der Waals surface area contributed by atoms with E-state index < -0.39 is 11.7 Å². The molecule has 122 valence electrons. The second-order valence-corrected chi connectivity index (χ2v) is 6.29. The number of anilines is 1. The lowest BCUT2D eigenvalue weighted by molar-refractivity contribution is -0.116. The molecule has 1 aromatic rings. The van der Waals surface area contributed by atoms with E-state index in [1.54, 1.807) is 45.0 Å². The molecule has 0 bridgehead atoms. The second-order valence-electron chi connectivity index (χ2n) is 5.59. The number of nitrogens with zero attached hydrogens (tertiary/aromatic N) is 1. The fourth-order valence-electron chi connectivity index (χ4n) is 1.70. The van der Waals surface area contributed by atoms with Gasteiger partial charge in [0.15, 0.2) is 0 Å². The number of benzene rings is 1. The Kier molecular flexibility index (Phi) is 6.97. The minimum Gasteiger partial charge on any atom is -0.444 e. The molecular formula is C15H20Cl2N2O3. The Morgan fingerprint density at radius 1 is 1.32 bits per heavy atom. The van der Waals surface area contributed by atoms with E-state index in [2.05, 4.69) is 5.32 Å². The molecule has 2 amide bonds. The van der Waals surface area contributed by atoms with Crippen molar-refractivity contribution in [2.75, 3.05) is 23.9 Å². The molecule has 0 spiro atoms. The number of ether oxygens (including phenoxy) is 1. The summed E-state index contributed by atoms with van der Waals surface area (Å²) in [6.07, 6.45) is -0.531. The number of alkyl carbamates (subject to hydrolysis) is 1. The van der Waals surface area contributed by atoms with Gasteiger partial charge in [-0.15, -0.1) is 11.6 Å². The predicted octanol–water partition coefficient (Wildman–Crippen LogP) is 3.44. The van der Waals surface area contributed by atoms with E-state index in [0.29, 0.717) is 10.7 Å². The van der Waals surface area contributed by atoms with Crippen LogP contribution in [0.15, 0.2) is 24.3 Å². The summed E-state index contributed by atoms with van der Waals surface area (Å²) < 4.78 is 5.13. The molecule has 0 aliphatic heterocycles. The molecule has 0 saturated heterocycles. The highest BCUT2D eigenvalue weighted by Gasteiger charge is 2.18. The number of rotatable bonds is 5. The number of alkyl halides is 1. The van der Waals surface area contributed by atoms with Gasteiger partial charge in [0, 0.05) is 23.8 Å². The number of hydrogen-bond donors (Lipinski definition) is 1. The van der Waals surface area contributed by atoms with E-state index in [4.69, 9.17) is 27.9 Å². The topological polar surface area (TPSA) is 58.6 Å². The number of halogens is 2. The highest BCUT2D eigenvalue weighted by Crippen LogP contribution is 2.19. The maximum absolute atomic E-state index is 11.9. The number of carbonyl (C=O) groups is 2. The normalized spacial score (nSPS) is 11.0.